The minimum Gasteiger partial charge on any atom is -0.352 e. The van der Waals surface area contributed by atoms with Crippen LogP contribution in [0.25, 0.3) is 0 Å². The summed E-state index contributed by atoms with van der Waals surface area (Å²) < 4.78 is 1.72. The van der Waals surface area contributed by atoms with Gasteiger partial charge in [0.1, 0.15) is 6.04 Å². The van der Waals surface area contributed by atoms with E-state index in [0.717, 1.165) is 24.3 Å². The van der Waals surface area contributed by atoms with Gasteiger partial charge < -0.3 is 10.6 Å². The van der Waals surface area contributed by atoms with Crippen LogP contribution in [0.15, 0.2) is 12.4 Å². The van der Waals surface area contributed by atoms with Gasteiger partial charge in [0.15, 0.2) is 0 Å². The highest BCUT2D eigenvalue weighted by Crippen LogP contribution is 2.30. The third kappa shape index (κ3) is 4.06. The van der Waals surface area contributed by atoms with E-state index >= 15 is 0 Å². The number of aromatic nitrogens is 2. The van der Waals surface area contributed by atoms with Crippen molar-refractivity contribution >= 4 is 5.91 Å². The van der Waals surface area contributed by atoms with Gasteiger partial charge in [0.25, 0.3) is 0 Å². The number of rotatable bonds is 5. The maximum Gasteiger partial charge on any atom is 0.242 e. The fourth-order valence-electron chi connectivity index (χ4n) is 3.29. The molecular formula is C16H28N4O. The van der Waals surface area contributed by atoms with Gasteiger partial charge in [0.05, 0.1) is 6.20 Å². The topological polar surface area (TPSA) is 59.0 Å². The van der Waals surface area contributed by atoms with E-state index in [1.54, 1.807) is 10.9 Å². The molecule has 1 saturated carbocycles. The third-order valence-electron chi connectivity index (χ3n) is 4.61. The van der Waals surface area contributed by atoms with Gasteiger partial charge in [-0.15, -0.1) is 0 Å². The Morgan fingerprint density at radius 2 is 2.19 bits per heavy atom. The lowest BCUT2D eigenvalue weighted by molar-refractivity contribution is -0.124. The van der Waals surface area contributed by atoms with E-state index in [1.165, 1.54) is 12.8 Å². The molecule has 3 unspecified atom stereocenters. The molecule has 2 rings (SSSR count). The number of nitrogens with zero attached hydrogens (tertiary/aromatic N) is 2. The second-order valence-corrected chi connectivity index (χ2v) is 6.55. The molecule has 5 heteroatoms. The molecule has 3 atom stereocenters. The number of carbonyl (C=O) groups excluding carboxylic acids is 1. The van der Waals surface area contributed by atoms with Crippen LogP contribution < -0.4 is 10.6 Å². The van der Waals surface area contributed by atoms with Crippen molar-refractivity contribution in [2.45, 2.75) is 51.6 Å². The molecule has 1 aromatic rings. The maximum absolute atomic E-state index is 12.5. The first kappa shape index (κ1) is 16.0. The number of aryl methyl sites for hydroxylation is 1. The van der Waals surface area contributed by atoms with Crippen molar-refractivity contribution in [3.63, 3.8) is 0 Å². The molecule has 5 nitrogen and oxygen atoms in total. The van der Waals surface area contributed by atoms with Crippen LogP contribution in [0.4, 0.5) is 0 Å². The summed E-state index contributed by atoms with van der Waals surface area (Å²) in [6, 6.07) is -0.00991. The SMILES string of the molecule is CNC(C(=O)NC1CCCC(C(C)C)C1)c1cnn(C)c1. The summed E-state index contributed by atoms with van der Waals surface area (Å²) in [7, 11) is 3.68. The average Bonchev–Trinajstić information content (AvgIpc) is 2.86. The van der Waals surface area contributed by atoms with E-state index in [-0.39, 0.29) is 11.9 Å². The van der Waals surface area contributed by atoms with E-state index in [2.05, 4.69) is 29.6 Å². The normalized spacial score (nSPS) is 24.0. The molecule has 0 aromatic carbocycles. The van der Waals surface area contributed by atoms with E-state index in [0.29, 0.717) is 12.0 Å². The van der Waals surface area contributed by atoms with Gasteiger partial charge >= 0.3 is 0 Å². The molecule has 0 bridgehead atoms. The summed E-state index contributed by atoms with van der Waals surface area (Å²) in [5, 5.41) is 10.5. The second kappa shape index (κ2) is 7.07. The first-order valence-corrected chi connectivity index (χ1v) is 7.97. The van der Waals surface area contributed by atoms with Crippen molar-refractivity contribution in [1.29, 1.82) is 0 Å². The number of carbonyl (C=O) groups is 1. The fourth-order valence-corrected chi connectivity index (χ4v) is 3.29. The van der Waals surface area contributed by atoms with Crippen molar-refractivity contribution in [2.75, 3.05) is 7.05 Å². The number of amides is 1. The second-order valence-electron chi connectivity index (χ2n) is 6.55. The Kier molecular flexibility index (Phi) is 5.39. The molecule has 0 saturated heterocycles. The molecule has 0 aliphatic heterocycles. The van der Waals surface area contributed by atoms with Crippen LogP contribution in [0.5, 0.6) is 0 Å². The van der Waals surface area contributed by atoms with Gasteiger partial charge in [-0.2, -0.15) is 5.10 Å². The Hall–Kier alpha value is -1.36. The summed E-state index contributed by atoms with van der Waals surface area (Å²) in [6.07, 6.45) is 8.34. The first-order valence-electron chi connectivity index (χ1n) is 7.97. The molecule has 1 amide bonds. The Morgan fingerprint density at radius 1 is 1.43 bits per heavy atom. The van der Waals surface area contributed by atoms with Crippen LogP contribution >= 0.6 is 0 Å². The third-order valence-corrected chi connectivity index (χ3v) is 4.61. The smallest absolute Gasteiger partial charge is 0.242 e. The molecule has 0 spiro atoms. The molecule has 1 aliphatic rings. The van der Waals surface area contributed by atoms with E-state index in [9.17, 15) is 4.79 Å². The largest absolute Gasteiger partial charge is 0.352 e. The van der Waals surface area contributed by atoms with Crippen molar-refractivity contribution in [2.24, 2.45) is 18.9 Å². The summed E-state index contributed by atoms with van der Waals surface area (Å²) >= 11 is 0. The van der Waals surface area contributed by atoms with Gasteiger partial charge in [-0.1, -0.05) is 26.7 Å². The highest BCUT2D eigenvalue weighted by atomic mass is 16.2. The predicted molar refractivity (Wildman–Crippen MR) is 83.7 cm³/mol. The Bertz CT molecular complexity index is 469. The van der Waals surface area contributed by atoms with Crippen LogP contribution in [0.2, 0.25) is 0 Å². The van der Waals surface area contributed by atoms with E-state index < -0.39 is 0 Å². The monoisotopic (exact) mass is 292 g/mol. The maximum atomic E-state index is 12.5. The lowest BCUT2D eigenvalue weighted by Gasteiger charge is -2.32. The molecule has 118 valence electrons. The molecule has 1 aliphatic carbocycles. The Labute approximate surface area is 127 Å². The number of likely N-dealkylation sites (N-methyl/N-ethyl adjacent to an activating group) is 1. The van der Waals surface area contributed by atoms with Crippen LogP contribution in [-0.2, 0) is 11.8 Å². The fraction of sp³-hybridized carbons (Fsp3) is 0.750. The summed E-state index contributed by atoms with van der Waals surface area (Å²) in [5.74, 6) is 1.48. The van der Waals surface area contributed by atoms with Gasteiger partial charge in [-0.25, -0.2) is 0 Å². The van der Waals surface area contributed by atoms with Crippen LogP contribution in [0.3, 0.4) is 0 Å². The quantitative estimate of drug-likeness (QED) is 0.873. The van der Waals surface area contributed by atoms with E-state index in [1.807, 2.05) is 20.3 Å². The van der Waals surface area contributed by atoms with Crippen molar-refractivity contribution in [3.8, 4) is 0 Å². The minimum absolute atomic E-state index is 0.0555. The highest BCUT2D eigenvalue weighted by Gasteiger charge is 2.28. The minimum atomic E-state index is -0.321. The standard InChI is InChI=1S/C16H28N4O/c1-11(2)12-6-5-7-14(8-12)19-16(21)15(17-3)13-9-18-20(4)10-13/h9-12,14-15,17H,5-8H2,1-4H3,(H,19,21). The van der Waals surface area contributed by atoms with E-state index in [4.69, 9.17) is 0 Å². The number of nitrogens with one attached hydrogen (secondary N) is 2. The zero-order valence-electron chi connectivity index (χ0n) is 13.6. The summed E-state index contributed by atoms with van der Waals surface area (Å²) in [6.45, 7) is 4.56. The zero-order valence-corrected chi connectivity index (χ0v) is 13.6. The number of hydrogen-bond acceptors (Lipinski definition) is 3. The molecule has 0 radical (unpaired) electrons. The summed E-state index contributed by atoms with van der Waals surface area (Å²) in [5.41, 5.74) is 0.911. The Balaban J connectivity index is 1.96. The van der Waals surface area contributed by atoms with Crippen molar-refractivity contribution < 1.29 is 4.79 Å². The van der Waals surface area contributed by atoms with Crippen LogP contribution in [0, 0.1) is 11.8 Å². The number of hydrogen-bond donors (Lipinski definition) is 2. The van der Waals surface area contributed by atoms with Gasteiger partial charge in [0.2, 0.25) is 5.91 Å². The van der Waals surface area contributed by atoms with Gasteiger partial charge in [0, 0.05) is 24.8 Å². The molecule has 21 heavy (non-hydrogen) atoms. The summed E-state index contributed by atoms with van der Waals surface area (Å²) in [4.78, 5) is 12.5. The van der Waals surface area contributed by atoms with Crippen molar-refractivity contribution in [1.82, 2.24) is 20.4 Å². The average molecular weight is 292 g/mol. The van der Waals surface area contributed by atoms with Crippen molar-refractivity contribution in [3.05, 3.63) is 18.0 Å². The predicted octanol–water partition coefficient (Wildman–Crippen LogP) is 2.01. The first-order chi connectivity index (χ1) is 10.0. The zero-order chi connectivity index (χ0) is 15.4. The molecule has 1 aromatic heterocycles. The lowest BCUT2D eigenvalue weighted by atomic mass is 9.79. The van der Waals surface area contributed by atoms with Crippen LogP contribution in [0.1, 0.15) is 51.1 Å². The van der Waals surface area contributed by atoms with Gasteiger partial charge in [-0.05, 0) is 31.7 Å². The lowest BCUT2D eigenvalue weighted by Crippen LogP contribution is -2.44. The Morgan fingerprint density at radius 3 is 2.76 bits per heavy atom. The van der Waals surface area contributed by atoms with Crippen LogP contribution in [-0.4, -0.2) is 28.8 Å². The molecule has 2 N–H and O–H groups in total. The van der Waals surface area contributed by atoms with Gasteiger partial charge in [-0.3, -0.25) is 9.48 Å². The molecule has 1 heterocycles. The molecular weight excluding hydrogens is 264 g/mol. The highest BCUT2D eigenvalue weighted by molar-refractivity contribution is 5.83. The molecule has 1 fully saturated rings.